The molecule has 0 fully saturated rings. The highest BCUT2D eigenvalue weighted by Crippen LogP contribution is 2.11. The number of carbonyl (C=O) groups is 1. The zero-order chi connectivity index (χ0) is 16.7. The van der Waals surface area contributed by atoms with Gasteiger partial charge in [0, 0.05) is 18.8 Å². The normalized spacial score (nSPS) is 11.6. The summed E-state index contributed by atoms with van der Waals surface area (Å²) >= 11 is 0. The Morgan fingerprint density at radius 2 is 2.00 bits per heavy atom. The number of rotatable bonds is 7. The lowest BCUT2D eigenvalue weighted by atomic mass is 10.2. The van der Waals surface area contributed by atoms with Crippen LogP contribution in [0.15, 0.2) is 36.5 Å². The fourth-order valence-electron chi connectivity index (χ4n) is 1.89. The molecule has 0 saturated carbocycles. The zero-order valence-electron chi connectivity index (χ0n) is 13.7. The maximum Gasteiger partial charge on any atom is 0.270 e. The van der Waals surface area contributed by atoms with Crippen LogP contribution in [0.1, 0.15) is 36.3 Å². The van der Waals surface area contributed by atoms with Crippen molar-refractivity contribution >= 4 is 11.9 Å². The Morgan fingerprint density at radius 3 is 2.65 bits per heavy atom. The molecule has 23 heavy (non-hydrogen) atoms. The number of carbonyl (C=O) groups excluding carboxylic acids is 1. The van der Waals surface area contributed by atoms with E-state index in [-0.39, 0.29) is 11.9 Å². The van der Waals surface area contributed by atoms with E-state index < -0.39 is 0 Å². The van der Waals surface area contributed by atoms with E-state index in [1.54, 1.807) is 19.4 Å². The number of nitrogens with zero attached hydrogens (tertiary/aromatic N) is 2. The fourth-order valence-corrected chi connectivity index (χ4v) is 1.89. The Hall–Kier alpha value is -2.63. The van der Waals surface area contributed by atoms with Crippen molar-refractivity contribution < 1.29 is 9.53 Å². The van der Waals surface area contributed by atoms with Gasteiger partial charge < -0.3 is 15.4 Å². The predicted molar refractivity (Wildman–Crippen MR) is 89.6 cm³/mol. The largest absolute Gasteiger partial charge is 0.497 e. The van der Waals surface area contributed by atoms with Crippen molar-refractivity contribution in [3.05, 3.63) is 47.8 Å². The second-order valence-electron chi connectivity index (χ2n) is 5.25. The van der Waals surface area contributed by atoms with Gasteiger partial charge in [0.15, 0.2) is 0 Å². The average molecular weight is 314 g/mol. The van der Waals surface area contributed by atoms with Crippen LogP contribution in [0.25, 0.3) is 0 Å². The fraction of sp³-hybridized carbons (Fsp3) is 0.353. The summed E-state index contributed by atoms with van der Waals surface area (Å²) in [5.74, 6) is 1.03. The number of aromatic nitrogens is 2. The molecule has 0 aliphatic carbocycles. The van der Waals surface area contributed by atoms with Crippen LogP contribution in [0.4, 0.5) is 5.95 Å². The van der Waals surface area contributed by atoms with Crippen LogP contribution in [0.5, 0.6) is 5.75 Å². The van der Waals surface area contributed by atoms with Gasteiger partial charge in [0.05, 0.1) is 7.11 Å². The summed E-state index contributed by atoms with van der Waals surface area (Å²) in [4.78, 5) is 20.6. The van der Waals surface area contributed by atoms with Crippen LogP contribution >= 0.6 is 0 Å². The van der Waals surface area contributed by atoms with Crippen LogP contribution in [-0.4, -0.2) is 29.0 Å². The number of anilines is 1. The molecule has 0 aliphatic rings. The van der Waals surface area contributed by atoms with Gasteiger partial charge in [-0.3, -0.25) is 4.79 Å². The lowest BCUT2D eigenvalue weighted by Crippen LogP contribution is -2.25. The Labute approximate surface area is 136 Å². The molecule has 1 aromatic carbocycles. The van der Waals surface area contributed by atoms with Gasteiger partial charge in [-0.25, -0.2) is 9.97 Å². The maximum atomic E-state index is 12.2. The molecule has 0 spiro atoms. The van der Waals surface area contributed by atoms with E-state index in [2.05, 4.69) is 27.5 Å². The van der Waals surface area contributed by atoms with Crippen LogP contribution in [-0.2, 0) is 6.54 Å². The monoisotopic (exact) mass is 314 g/mol. The Balaban J connectivity index is 1.95. The quantitative estimate of drug-likeness (QED) is 0.821. The van der Waals surface area contributed by atoms with Gasteiger partial charge in [0.2, 0.25) is 5.95 Å². The lowest BCUT2D eigenvalue weighted by molar-refractivity contribution is 0.0946. The third-order valence-corrected chi connectivity index (χ3v) is 3.49. The number of hydrogen-bond acceptors (Lipinski definition) is 5. The molecule has 0 aliphatic heterocycles. The first kappa shape index (κ1) is 16.7. The molecule has 0 saturated heterocycles. The molecule has 6 nitrogen and oxygen atoms in total. The summed E-state index contributed by atoms with van der Waals surface area (Å²) in [6.45, 7) is 4.55. The molecular formula is C17H22N4O2. The summed E-state index contributed by atoms with van der Waals surface area (Å²) in [7, 11) is 1.62. The maximum absolute atomic E-state index is 12.2. The zero-order valence-corrected chi connectivity index (χ0v) is 13.7. The Morgan fingerprint density at radius 1 is 1.26 bits per heavy atom. The minimum Gasteiger partial charge on any atom is -0.497 e. The van der Waals surface area contributed by atoms with Crippen LogP contribution in [0.3, 0.4) is 0 Å². The van der Waals surface area contributed by atoms with Crippen LogP contribution < -0.4 is 15.4 Å². The van der Waals surface area contributed by atoms with E-state index >= 15 is 0 Å². The van der Waals surface area contributed by atoms with E-state index in [1.807, 2.05) is 31.2 Å². The van der Waals surface area contributed by atoms with Crippen molar-refractivity contribution in [2.45, 2.75) is 32.9 Å². The summed E-state index contributed by atoms with van der Waals surface area (Å²) in [6.07, 6.45) is 2.54. The SMILES string of the molecule is CCC(C)Nc1nccc(C(=O)NCc2ccc(OC)cc2)n1. The molecule has 1 amide bonds. The summed E-state index contributed by atoms with van der Waals surface area (Å²) in [6, 6.07) is 9.41. The molecular weight excluding hydrogens is 292 g/mol. The Bertz CT molecular complexity index is 643. The van der Waals surface area contributed by atoms with Crippen molar-refractivity contribution in [1.82, 2.24) is 15.3 Å². The van der Waals surface area contributed by atoms with E-state index in [0.717, 1.165) is 17.7 Å². The van der Waals surface area contributed by atoms with Gasteiger partial charge in [-0.1, -0.05) is 19.1 Å². The third kappa shape index (κ3) is 4.95. The van der Waals surface area contributed by atoms with Crippen LogP contribution in [0, 0.1) is 0 Å². The van der Waals surface area contributed by atoms with Crippen LogP contribution in [0.2, 0.25) is 0 Å². The minimum absolute atomic E-state index is 0.226. The number of benzene rings is 1. The Kier molecular flexibility index (Phi) is 5.91. The van der Waals surface area contributed by atoms with E-state index in [1.165, 1.54) is 0 Å². The smallest absolute Gasteiger partial charge is 0.270 e. The number of nitrogens with one attached hydrogen (secondary N) is 2. The van der Waals surface area contributed by atoms with E-state index in [0.29, 0.717) is 18.2 Å². The lowest BCUT2D eigenvalue weighted by Gasteiger charge is -2.11. The van der Waals surface area contributed by atoms with Crippen molar-refractivity contribution in [2.24, 2.45) is 0 Å². The van der Waals surface area contributed by atoms with Crippen molar-refractivity contribution in [2.75, 3.05) is 12.4 Å². The van der Waals surface area contributed by atoms with Crippen molar-refractivity contribution in [3.8, 4) is 5.75 Å². The summed E-state index contributed by atoms with van der Waals surface area (Å²) < 4.78 is 5.11. The highest BCUT2D eigenvalue weighted by atomic mass is 16.5. The molecule has 1 atom stereocenters. The second kappa shape index (κ2) is 8.12. The number of methoxy groups -OCH3 is 1. The highest BCUT2D eigenvalue weighted by Gasteiger charge is 2.09. The van der Waals surface area contributed by atoms with Gasteiger partial charge in [-0.15, -0.1) is 0 Å². The molecule has 2 rings (SSSR count). The van der Waals surface area contributed by atoms with Gasteiger partial charge in [0.25, 0.3) is 5.91 Å². The number of hydrogen-bond donors (Lipinski definition) is 2. The summed E-state index contributed by atoms with van der Waals surface area (Å²) in [5.41, 5.74) is 1.34. The third-order valence-electron chi connectivity index (χ3n) is 3.49. The second-order valence-corrected chi connectivity index (χ2v) is 5.25. The molecule has 1 heterocycles. The average Bonchev–Trinajstić information content (AvgIpc) is 2.60. The molecule has 2 aromatic rings. The molecule has 0 radical (unpaired) electrons. The molecule has 1 aromatic heterocycles. The van der Waals surface area contributed by atoms with Crippen molar-refractivity contribution in [3.63, 3.8) is 0 Å². The number of amides is 1. The predicted octanol–water partition coefficient (Wildman–Crippen LogP) is 2.63. The molecule has 1 unspecified atom stereocenters. The molecule has 0 bridgehead atoms. The first-order valence-corrected chi connectivity index (χ1v) is 7.63. The van der Waals surface area contributed by atoms with Gasteiger partial charge >= 0.3 is 0 Å². The van der Waals surface area contributed by atoms with Gasteiger partial charge in [-0.05, 0) is 37.1 Å². The van der Waals surface area contributed by atoms with Gasteiger partial charge in [0.1, 0.15) is 11.4 Å². The summed E-state index contributed by atoms with van der Waals surface area (Å²) in [5, 5.41) is 6.01. The van der Waals surface area contributed by atoms with Crippen molar-refractivity contribution in [1.29, 1.82) is 0 Å². The van der Waals surface area contributed by atoms with Gasteiger partial charge in [-0.2, -0.15) is 0 Å². The first-order valence-electron chi connectivity index (χ1n) is 7.63. The van der Waals surface area contributed by atoms with E-state index in [4.69, 9.17) is 4.74 Å². The molecule has 122 valence electrons. The molecule has 6 heteroatoms. The molecule has 2 N–H and O–H groups in total. The number of ether oxygens (including phenoxy) is 1. The first-order chi connectivity index (χ1) is 11.1. The van der Waals surface area contributed by atoms with E-state index in [9.17, 15) is 4.79 Å². The topological polar surface area (TPSA) is 76.1 Å². The standard InChI is InChI=1S/C17H22N4O2/c1-4-12(2)20-17-18-10-9-15(21-17)16(22)19-11-13-5-7-14(23-3)8-6-13/h5-10,12H,4,11H2,1-3H3,(H,19,22)(H,18,20,21). The highest BCUT2D eigenvalue weighted by molar-refractivity contribution is 5.92. The minimum atomic E-state index is -0.226.